The van der Waals surface area contributed by atoms with E-state index in [0.717, 1.165) is 23.8 Å². The molecule has 1 aromatic carbocycles. The summed E-state index contributed by atoms with van der Waals surface area (Å²) in [6.45, 7) is 0.688. The molecule has 1 N–H and O–H groups in total. The summed E-state index contributed by atoms with van der Waals surface area (Å²) < 4.78 is 12.5. The van der Waals surface area contributed by atoms with Crippen LogP contribution in [0.2, 0.25) is 5.02 Å². The molecule has 1 aromatic heterocycles. The molecule has 0 atom stereocenters. The number of aromatic nitrogens is 2. The third kappa shape index (κ3) is 3.67. The minimum atomic E-state index is -0.437. The Morgan fingerprint density at radius 1 is 1.12 bits per heavy atom. The van der Waals surface area contributed by atoms with Crippen molar-refractivity contribution >= 4 is 17.5 Å². The van der Waals surface area contributed by atoms with Gasteiger partial charge in [-0.2, -0.15) is 0 Å². The Labute approximate surface area is 104 Å². The van der Waals surface area contributed by atoms with Crippen LogP contribution in [0.15, 0.2) is 36.7 Å². The van der Waals surface area contributed by atoms with Crippen LogP contribution in [0.3, 0.4) is 0 Å². The quantitative estimate of drug-likeness (QED) is 0.908. The average molecular weight is 252 g/mol. The van der Waals surface area contributed by atoms with E-state index in [1.807, 2.05) is 24.3 Å². The molecule has 0 aliphatic carbocycles. The topological polar surface area (TPSA) is 37.8 Å². The highest BCUT2D eigenvalue weighted by atomic mass is 35.5. The summed E-state index contributed by atoms with van der Waals surface area (Å²) in [5, 5.41) is 3.74. The molecule has 3 nitrogen and oxygen atoms in total. The summed E-state index contributed by atoms with van der Waals surface area (Å²) in [5.41, 5.74) is 1.17. The Bertz CT molecular complexity index is 425. The standard InChI is InChI=1S/C12H11ClFN3/c13-10-3-1-9(2-4-10)5-6-15-12-16-7-11(14)8-17-12/h1-4,7-8H,5-6H2,(H,15,16,17). The van der Waals surface area contributed by atoms with E-state index in [4.69, 9.17) is 11.6 Å². The highest BCUT2D eigenvalue weighted by Crippen LogP contribution is 2.10. The lowest BCUT2D eigenvalue weighted by molar-refractivity contribution is 0.614. The summed E-state index contributed by atoms with van der Waals surface area (Å²) in [6.07, 6.45) is 3.10. The van der Waals surface area contributed by atoms with Crippen molar-refractivity contribution in [1.29, 1.82) is 0 Å². The number of benzene rings is 1. The van der Waals surface area contributed by atoms with Gasteiger partial charge >= 0.3 is 0 Å². The van der Waals surface area contributed by atoms with Gasteiger partial charge in [0.1, 0.15) is 0 Å². The molecular weight excluding hydrogens is 241 g/mol. The van der Waals surface area contributed by atoms with Crippen LogP contribution in [0.4, 0.5) is 10.3 Å². The zero-order valence-electron chi connectivity index (χ0n) is 9.03. The van der Waals surface area contributed by atoms with E-state index < -0.39 is 5.82 Å². The molecule has 0 amide bonds. The fourth-order valence-electron chi connectivity index (χ4n) is 1.37. The summed E-state index contributed by atoms with van der Waals surface area (Å²) >= 11 is 5.79. The Kier molecular flexibility index (Phi) is 3.88. The second kappa shape index (κ2) is 5.59. The van der Waals surface area contributed by atoms with Crippen LogP contribution in [-0.4, -0.2) is 16.5 Å². The molecule has 1 heterocycles. The first-order valence-corrected chi connectivity index (χ1v) is 5.58. The molecule has 88 valence electrons. The van der Waals surface area contributed by atoms with Crippen molar-refractivity contribution in [2.45, 2.75) is 6.42 Å². The molecule has 0 unspecified atom stereocenters. The number of halogens is 2. The summed E-state index contributed by atoms with van der Waals surface area (Å²) in [4.78, 5) is 7.61. The predicted octanol–water partition coefficient (Wildman–Crippen LogP) is 2.92. The number of hydrogen-bond acceptors (Lipinski definition) is 3. The zero-order chi connectivity index (χ0) is 12.1. The largest absolute Gasteiger partial charge is 0.354 e. The van der Waals surface area contributed by atoms with Crippen LogP contribution in [0.1, 0.15) is 5.56 Å². The van der Waals surface area contributed by atoms with Gasteiger partial charge in [-0.3, -0.25) is 0 Å². The maximum Gasteiger partial charge on any atom is 0.222 e. The van der Waals surface area contributed by atoms with Crippen LogP contribution in [0.5, 0.6) is 0 Å². The summed E-state index contributed by atoms with van der Waals surface area (Å²) in [7, 11) is 0. The van der Waals surface area contributed by atoms with Gasteiger partial charge in [-0.25, -0.2) is 14.4 Å². The molecular formula is C12H11ClFN3. The first-order chi connectivity index (χ1) is 8.24. The normalized spacial score (nSPS) is 10.2. The van der Waals surface area contributed by atoms with E-state index in [2.05, 4.69) is 15.3 Å². The van der Waals surface area contributed by atoms with Crippen molar-refractivity contribution in [3.05, 3.63) is 53.1 Å². The third-order valence-corrected chi connectivity index (χ3v) is 2.48. The van der Waals surface area contributed by atoms with Crippen molar-refractivity contribution < 1.29 is 4.39 Å². The number of nitrogens with zero attached hydrogens (tertiary/aromatic N) is 2. The van der Waals surface area contributed by atoms with Crippen LogP contribution in [0, 0.1) is 5.82 Å². The maximum absolute atomic E-state index is 12.5. The number of hydrogen-bond donors (Lipinski definition) is 1. The Hall–Kier alpha value is -1.68. The van der Waals surface area contributed by atoms with Gasteiger partial charge in [0.15, 0.2) is 5.82 Å². The van der Waals surface area contributed by atoms with E-state index >= 15 is 0 Å². The molecule has 2 rings (SSSR count). The molecule has 0 saturated heterocycles. The second-order valence-corrected chi connectivity index (χ2v) is 3.96. The maximum atomic E-state index is 12.5. The van der Waals surface area contributed by atoms with Gasteiger partial charge in [-0.1, -0.05) is 23.7 Å². The van der Waals surface area contributed by atoms with Crippen molar-refractivity contribution in [1.82, 2.24) is 9.97 Å². The van der Waals surface area contributed by atoms with Gasteiger partial charge in [0.05, 0.1) is 12.4 Å². The second-order valence-electron chi connectivity index (χ2n) is 3.53. The van der Waals surface area contributed by atoms with Crippen molar-refractivity contribution in [3.63, 3.8) is 0 Å². The molecule has 0 fully saturated rings. The molecule has 5 heteroatoms. The monoisotopic (exact) mass is 251 g/mol. The summed E-state index contributed by atoms with van der Waals surface area (Å²) in [5.74, 6) is -0.00591. The van der Waals surface area contributed by atoms with Gasteiger partial charge in [-0.05, 0) is 24.1 Å². The highest BCUT2D eigenvalue weighted by molar-refractivity contribution is 6.30. The van der Waals surface area contributed by atoms with Crippen molar-refractivity contribution in [2.24, 2.45) is 0 Å². The SMILES string of the molecule is Fc1cnc(NCCc2ccc(Cl)cc2)nc1. The lowest BCUT2D eigenvalue weighted by Crippen LogP contribution is -2.07. The van der Waals surface area contributed by atoms with E-state index in [0.29, 0.717) is 12.5 Å². The van der Waals surface area contributed by atoms with Crippen LogP contribution >= 0.6 is 11.6 Å². The lowest BCUT2D eigenvalue weighted by Gasteiger charge is -2.04. The highest BCUT2D eigenvalue weighted by Gasteiger charge is 1.97. The van der Waals surface area contributed by atoms with Crippen LogP contribution in [-0.2, 0) is 6.42 Å². The van der Waals surface area contributed by atoms with Gasteiger partial charge in [0.25, 0.3) is 0 Å². The predicted molar refractivity (Wildman–Crippen MR) is 65.6 cm³/mol. The van der Waals surface area contributed by atoms with Gasteiger partial charge in [0, 0.05) is 11.6 Å². The molecule has 0 bridgehead atoms. The van der Waals surface area contributed by atoms with Crippen molar-refractivity contribution in [2.75, 3.05) is 11.9 Å². The third-order valence-electron chi connectivity index (χ3n) is 2.23. The van der Waals surface area contributed by atoms with Gasteiger partial charge in [-0.15, -0.1) is 0 Å². The minimum absolute atomic E-state index is 0.431. The smallest absolute Gasteiger partial charge is 0.222 e. The van der Waals surface area contributed by atoms with E-state index in [1.54, 1.807) is 0 Å². The Morgan fingerprint density at radius 2 is 1.76 bits per heavy atom. The van der Waals surface area contributed by atoms with Crippen LogP contribution < -0.4 is 5.32 Å². The van der Waals surface area contributed by atoms with E-state index in [-0.39, 0.29) is 0 Å². The lowest BCUT2D eigenvalue weighted by atomic mass is 10.1. The first kappa shape index (κ1) is 11.8. The fraction of sp³-hybridized carbons (Fsp3) is 0.167. The summed E-state index contributed by atoms with van der Waals surface area (Å²) in [6, 6.07) is 7.64. The molecule has 17 heavy (non-hydrogen) atoms. The van der Waals surface area contributed by atoms with Crippen LogP contribution in [0.25, 0.3) is 0 Å². The number of rotatable bonds is 4. The fourth-order valence-corrected chi connectivity index (χ4v) is 1.50. The van der Waals surface area contributed by atoms with Gasteiger partial charge in [0.2, 0.25) is 5.95 Å². The Morgan fingerprint density at radius 3 is 2.41 bits per heavy atom. The van der Waals surface area contributed by atoms with Gasteiger partial charge < -0.3 is 5.32 Å². The molecule has 0 aliphatic rings. The molecule has 0 spiro atoms. The van der Waals surface area contributed by atoms with E-state index in [9.17, 15) is 4.39 Å². The minimum Gasteiger partial charge on any atom is -0.354 e. The molecule has 0 aliphatic heterocycles. The number of nitrogens with one attached hydrogen (secondary N) is 1. The Balaban J connectivity index is 1.83. The molecule has 2 aromatic rings. The average Bonchev–Trinajstić information content (AvgIpc) is 2.34. The molecule has 0 saturated carbocycles. The number of anilines is 1. The zero-order valence-corrected chi connectivity index (χ0v) is 9.78. The van der Waals surface area contributed by atoms with Crippen molar-refractivity contribution in [3.8, 4) is 0 Å². The molecule has 0 radical (unpaired) electrons. The van der Waals surface area contributed by atoms with E-state index in [1.165, 1.54) is 5.56 Å². The first-order valence-electron chi connectivity index (χ1n) is 5.20.